The van der Waals surface area contributed by atoms with Gasteiger partial charge in [-0.05, 0) is 150 Å². The summed E-state index contributed by atoms with van der Waals surface area (Å²) in [4.78, 5) is 0. The second-order valence-electron chi connectivity index (χ2n) is 28.1. The standard InChI is InChI=1S/C83H74N4/c1-80(2,3)58-35-41-71-64(47-58)65-48-59(81(4,5)6)36-42-72(65)85(71)77-75(54-29-21-15-22-30-54)68(51-84)76(55-31-23-16-24-32-55)78(86-73-43-37-60(82(7,8)9)49-66(73)67-50-61(83(10,11)12)38-44-74(67)86)79(77)87-69-39-33-56(52-25-17-13-18-26-52)45-62(69)63-46-57(34-40-70(63)87)53-27-19-14-20-28-53/h13-50H,1-12H3. The molecule has 0 saturated carbocycles. The molecule has 3 heterocycles. The van der Waals surface area contributed by atoms with Crippen LogP contribution in [-0.2, 0) is 21.7 Å². The first-order valence-corrected chi connectivity index (χ1v) is 30.8. The molecule has 14 aromatic rings. The van der Waals surface area contributed by atoms with Crippen molar-refractivity contribution < 1.29 is 0 Å². The third kappa shape index (κ3) is 9.17. The molecule has 0 spiro atoms. The number of aromatic nitrogens is 3. The number of nitrogens with zero attached hydrogens (tertiary/aromatic N) is 4. The van der Waals surface area contributed by atoms with Gasteiger partial charge in [-0.15, -0.1) is 0 Å². The fourth-order valence-electron chi connectivity index (χ4n) is 13.5. The summed E-state index contributed by atoms with van der Waals surface area (Å²) in [6.07, 6.45) is 0. The molecule has 0 amide bonds. The van der Waals surface area contributed by atoms with Gasteiger partial charge in [0.25, 0.3) is 0 Å². The lowest BCUT2D eigenvalue weighted by Crippen LogP contribution is -2.15. The van der Waals surface area contributed by atoms with Gasteiger partial charge in [-0.25, -0.2) is 0 Å². The average molecular weight is 1130 g/mol. The van der Waals surface area contributed by atoms with Crippen LogP contribution >= 0.6 is 0 Å². The Morgan fingerprint density at radius 3 is 0.759 bits per heavy atom. The molecule has 0 aliphatic carbocycles. The molecule has 0 aliphatic rings. The molecule has 0 unspecified atom stereocenters. The molecule has 4 nitrogen and oxygen atoms in total. The lowest BCUT2D eigenvalue weighted by molar-refractivity contribution is 0.590. The molecule has 0 aliphatic heterocycles. The maximum absolute atomic E-state index is 12.7. The Kier molecular flexibility index (Phi) is 12.8. The van der Waals surface area contributed by atoms with Gasteiger partial charge in [0.15, 0.2) is 0 Å². The Bertz CT molecular complexity index is 4640. The molecule has 0 fully saturated rings. The lowest BCUT2D eigenvalue weighted by Gasteiger charge is -2.29. The number of hydrogen-bond acceptors (Lipinski definition) is 1. The summed E-state index contributed by atoms with van der Waals surface area (Å²) in [7, 11) is 0. The first-order chi connectivity index (χ1) is 41.7. The molecular formula is C83H74N4. The van der Waals surface area contributed by atoms with Gasteiger partial charge in [0.2, 0.25) is 0 Å². The van der Waals surface area contributed by atoms with Gasteiger partial charge in [0.1, 0.15) is 6.07 Å². The minimum atomic E-state index is -0.125. The summed E-state index contributed by atoms with van der Waals surface area (Å²) in [5.74, 6) is 0. The third-order valence-electron chi connectivity index (χ3n) is 18.3. The number of nitriles is 1. The zero-order valence-electron chi connectivity index (χ0n) is 52.2. The molecule has 4 heteroatoms. The highest BCUT2D eigenvalue weighted by molar-refractivity contribution is 6.17. The van der Waals surface area contributed by atoms with E-state index >= 15 is 0 Å². The Morgan fingerprint density at radius 1 is 0.253 bits per heavy atom. The van der Waals surface area contributed by atoms with E-state index in [1.807, 2.05) is 0 Å². The zero-order valence-corrected chi connectivity index (χ0v) is 52.2. The Labute approximate surface area is 512 Å². The highest BCUT2D eigenvalue weighted by atomic mass is 15.1. The van der Waals surface area contributed by atoms with E-state index in [2.05, 4.69) is 333 Å². The van der Waals surface area contributed by atoms with Crippen molar-refractivity contribution in [3.8, 4) is 67.6 Å². The molecular weight excluding hydrogens is 1050 g/mol. The van der Waals surface area contributed by atoms with Gasteiger partial charge in [-0.1, -0.05) is 241 Å². The monoisotopic (exact) mass is 1130 g/mol. The van der Waals surface area contributed by atoms with E-state index in [1.54, 1.807) is 0 Å². The van der Waals surface area contributed by atoms with E-state index in [0.29, 0.717) is 5.56 Å². The summed E-state index contributed by atoms with van der Waals surface area (Å²) >= 11 is 0. The van der Waals surface area contributed by atoms with Gasteiger partial charge in [0.05, 0.1) is 55.7 Å². The maximum Gasteiger partial charge on any atom is 0.101 e. The molecule has 87 heavy (non-hydrogen) atoms. The van der Waals surface area contributed by atoms with E-state index < -0.39 is 0 Å². The highest BCUT2D eigenvalue weighted by Crippen LogP contribution is 2.53. The predicted molar refractivity (Wildman–Crippen MR) is 371 cm³/mol. The maximum atomic E-state index is 12.7. The zero-order chi connectivity index (χ0) is 60.5. The van der Waals surface area contributed by atoms with Crippen molar-refractivity contribution in [2.45, 2.75) is 105 Å². The molecule has 0 bridgehead atoms. The summed E-state index contributed by atoms with van der Waals surface area (Å²) in [5, 5.41) is 19.6. The van der Waals surface area contributed by atoms with E-state index in [9.17, 15) is 5.26 Å². The average Bonchev–Trinajstić information content (AvgIpc) is 1.62. The molecule has 3 aromatic heterocycles. The van der Waals surface area contributed by atoms with Crippen molar-refractivity contribution in [1.29, 1.82) is 5.26 Å². The van der Waals surface area contributed by atoms with Crippen molar-refractivity contribution >= 4 is 65.4 Å². The van der Waals surface area contributed by atoms with Crippen LogP contribution in [0, 0.1) is 11.3 Å². The first-order valence-electron chi connectivity index (χ1n) is 30.8. The molecule has 0 atom stereocenters. The van der Waals surface area contributed by atoms with E-state index in [4.69, 9.17) is 0 Å². The van der Waals surface area contributed by atoms with Crippen molar-refractivity contribution in [3.63, 3.8) is 0 Å². The third-order valence-corrected chi connectivity index (χ3v) is 18.3. The van der Waals surface area contributed by atoms with Gasteiger partial charge >= 0.3 is 0 Å². The molecule has 14 rings (SSSR count). The van der Waals surface area contributed by atoms with Gasteiger partial charge in [0, 0.05) is 43.4 Å². The van der Waals surface area contributed by atoms with E-state index in [-0.39, 0.29) is 21.7 Å². The van der Waals surface area contributed by atoms with Crippen LogP contribution in [0.15, 0.2) is 231 Å². The fraction of sp³-hybridized carbons (Fsp3) is 0.193. The van der Waals surface area contributed by atoms with Crippen molar-refractivity contribution in [3.05, 3.63) is 258 Å². The molecule has 11 aromatic carbocycles. The predicted octanol–water partition coefficient (Wildman–Crippen LogP) is 22.7. The summed E-state index contributed by atoms with van der Waals surface area (Å²) in [5.41, 5.74) is 22.5. The Morgan fingerprint density at radius 2 is 0.494 bits per heavy atom. The van der Waals surface area contributed by atoms with E-state index in [0.717, 1.165) is 105 Å². The summed E-state index contributed by atoms with van der Waals surface area (Å²) in [6, 6.07) is 88.7. The minimum Gasteiger partial charge on any atom is -0.306 e. The quantitative estimate of drug-likeness (QED) is 0.157. The number of fused-ring (bicyclic) bond motifs is 9. The van der Waals surface area contributed by atoms with Crippen molar-refractivity contribution in [2.75, 3.05) is 0 Å². The van der Waals surface area contributed by atoms with Crippen molar-refractivity contribution in [2.24, 2.45) is 0 Å². The van der Waals surface area contributed by atoms with Gasteiger partial charge in [-0.3, -0.25) is 0 Å². The molecule has 426 valence electrons. The van der Waals surface area contributed by atoms with Crippen LogP contribution in [0.2, 0.25) is 0 Å². The van der Waals surface area contributed by atoms with Crippen LogP contribution < -0.4 is 0 Å². The van der Waals surface area contributed by atoms with Gasteiger partial charge < -0.3 is 13.7 Å². The molecule has 0 N–H and O–H groups in total. The van der Waals surface area contributed by atoms with Crippen LogP contribution in [0.1, 0.15) is 111 Å². The van der Waals surface area contributed by atoms with Crippen LogP contribution in [0.5, 0.6) is 0 Å². The Balaban J connectivity index is 1.31. The number of benzene rings is 11. The summed E-state index contributed by atoms with van der Waals surface area (Å²) < 4.78 is 7.66. The Hall–Kier alpha value is -9.69. The van der Waals surface area contributed by atoms with Crippen LogP contribution in [-0.4, -0.2) is 13.7 Å². The molecule has 0 radical (unpaired) electrons. The van der Waals surface area contributed by atoms with Gasteiger partial charge in [-0.2, -0.15) is 5.26 Å². The minimum absolute atomic E-state index is 0.125. The van der Waals surface area contributed by atoms with E-state index in [1.165, 1.54) is 43.8 Å². The van der Waals surface area contributed by atoms with Crippen LogP contribution in [0.3, 0.4) is 0 Å². The topological polar surface area (TPSA) is 38.6 Å². The highest BCUT2D eigenvalue weighted by Gasteiger charge is 2.35. The van der Waals surface area contributed by atoms with Crippen LogP contribution in [0.4, 0.5) is 0 Å². The second-order valence-corrected chi connectivity index (χ2v) is 28.1. The first kappa shape index (κ1) is 55.2. The SMILES string of the molecule is CC(C)(C)c1ccc2c(c1)c1cc(C(C)(C)C)ccc1n2-c1c(-c2ccccc2)c(C#N)c(-c2ccccc2)c(-n2c3ccc(C(C)(C)C)cc3c3cc(C(C)(C)C)ccc32)c1-n1c2ccc(-c3ccccc3)cc2c2cc(-c3ccccc3)ccc21. The largest absolute Gasteiger partial charge is 0.306 e. The summed E-state index contributed by atoms with van der Waals surface area (Å²) in [6.45, 7) is 27.7. The number of rotatable bonds is 7. The second kappa shape index (κ2) is 20.2. The normalized spacial score (nSPS) is 12.6. The number of hydrogen-bond donors (Lipinski definition) is 0. The fourth-order valence-corrected chi connectivity index (χ4v) is 13.5. The molecule has 0 saturated heterocycles. The van der Waals surface area contributed by atoms with Crippen molar-refractivity contribution in [1.82, 2.24) is 13.7 Å². The van der Waals surface area contributed by atoms with Crippen LogP contribution in [0.25, 0.3) is 127 Å². The lowest BCUT2D eigenvalue weighted by atomic mass is 9.85. The smallest absolute Gasteiger partial charge is 0.101 e.